The lowest BCUT2D eigenvalue weighted by Gasteiger charge is -2.28. The number of amidine groups is 1. The molecule has 0 heterocycles. The molecule has 1 aliphatic rings. The van der Waals surface area contributed by atoms with Gasteiger partial charge in [0.2, 0.25) is 0 Å². The quantitative estimate of drug-likeness (QED) is 0.542. The van der Waals surface area contributed by atoms with Crippen LogP contribution in [0.15, 0.2) is 0 Å². The molecule has 14 heavy (non-hydrogen) atoms. The van der Waals surface area contributed by atoms with Crippen LogP contribution in [0.3, 0.4) is 0 Å². The van der Waals surface area contributed by atoms with Gasteiger partial charge in [0.25, 0.3) is 0 Å². The molecule has 1 saturated carbocycles. The maximum absolute atomic E-state index is 7.84. The van der Waals surface area contributed by atoms with Crippen molar-refractivity contribution in [3.8, 4) is 0 Å². The molecule has 2 nitrogen and oxygen atoms in total. The summed E-state index contributed by atoms with van der Waals surface area (Å²) < 4.78 is 0. The number of nitrogens with zero attached hydrogens (tertiary/aromatic N) is 1. The maximum atomic E-state index is 7.84. The fraction of sp³-hybridized carbons (Fsp3) is 0.917. The molecule has 0 atom stereocenters. The van der Waals surface area contributed by atoms with Crippen LogP contribution in [0.1, 0.15) is 51.9 Å². The van der Waals surface area contributed by atoms with Gasteiger partial charge < -0.3 is 4.90 Å². The lowest BCUT2D eigenvalue weighted by atomic mass is 9.89. The summed E-state index contributed by atoms with van der Waals surface area (Å²) in [6.07, 6.45) is 9.01. The van der Waals surface area contributed by atoms with Gasteiger partial charge in [-0.15, -0.1) is 0 Å². The highest BCUT2D eigenvalue weighted by Crippen LogP contribution is 2.24. The van der Waals surface area contributed by atoms with Crippen molar-refractivity contribution in [3.63, 3.8) is 0 Å². The number of nitrogens with one attached hydrogen (secondary N) is 1. The van der Waals surface area contributed by atoms with Crippen molar-refractivity contribution in [1.29, 1.82) is 5.41 Å². The van der Waals surface area contributed by atoms with Crippen LogP contribution in [-0.4, -0.2) is 24.3 Å². The molecule has 0 amide bonds. The van der Waals surface area contributed by atoms with Gasteiger partial charge >= 0.3 is 0 Å². The van der Waals surface area contributed by atoms with E-state index >= 15 is 0 Å². The van der Waals surface area contributed by atoms with Crippen molar-refractivity contribution in [2.45, 2.75) is 51.9 Å². The zero-order valence-electron chi connectivity index (χ0n) is 9.68. The molecule has 0 radical (unpaired) electrons. The number of rotatable bonds is 4. The predicted octanol–water partition coefficient (Wildman–Crippen LogP) is 3.28. The first kappa shape index (κ1) is 11.5. The standard InChI is InChI=1S/C12H24N2/c1-3-7-12(13)14(2)10-11-8-5-4-6-9-11/h11,13H,3-10H2,1-2H3. The van der Waals surface area contributed by atoms with Crippen LogP contribution in [0.5, 0.6) is 0 Å². The fourth-order valence-electron chi connectivity index (χ4n) is 2.29. The van der Waals surface area contributed by atoms with Crippen LogP contribution in [0.4, 0.5) is 0 Å². The van der Waals surface area contributed by atoms with E-state index in [1.807, 2.05) is 0 Å². The zero-order chi connectivity index (χ0) is 10.4. The molecule has 2 heteroatoms. The summed E-state index contributed by atoms with van der Waals surface area (Å²) in [5.41, 5.74) is 0. The van der Waals surface area contributed by atoms with E-state index in [-0.39, 0.29) is 0 Å². The minimum absolute atomic E-state index is 0.818. The van der Waals surface area contributed by atoms with Gasteiger partial charge in [0.05, 0.1) is 5.84 Å². The van der Waals surface area contributed by atoms with E-state index in [2.05, 4.69) is 18.9 Å². The van der Waals surface area contributed by atoms with Crippen molar-refractivity contribution in [2.24, 2.45) is 5.92 Å². The topological polar surface area (TPSA) is 27.1 Å². The minimum atomic E-state index is 0.818. The third kappa shape index (κ3) is 3.69. The second-order valence-electron chi connectivity index (χ2n) is 4.58. The van der Waals surface area contributed by atoms with Crippen molar-refractivity contribution in [3.05, 3.63) is 0 Å². The molecule has 0 aromatic rings. The van der Waals surface area contributed by atoms with Crippen LogP contribution in [0.2, 0.25) is 0 Å². The zero-order valence-corrected chi connectivity index (χ0v) is 9.68. The first-order valence-electron chi connectivity index (χ1n) is 6.02. The third-order valence-electron chi connectivity index (χ3n) is 3.20. The first-order chi connectivity index (χ1) is 6.74. The fourth-order valence-corrected chi connectivity index (χ4v) is 2.29. The van der Waals surface area contributed by atoms with Crippen molar-refractivity contribution in [1.82, 2.24) is 4.90 Å². The molecule has 82 valence electrons. The molecule has 0 aliphatic heterocycles. The van der Waals surface area contributed by atoms with Gasteiger partial charge in [-0.2, -0.15) is 0 Å². The molecular formula is C12H24N2. The second-order valence-corrected chi connectivity index (χ2v) is 4.58. The summed E-state index contributed by atoms with van der Waals surface area (Å²) in [5.74, 6) is 1.67. The predicted molar refractivity (Wildman–Crippen MR) is 61.8 cm³/mol. The molecule has 0 aromatic carbocycles. The largest absolute Gasteiger partial charge is 0.363 e. The van der Waals surface area contributed by atoms with Gasteiger partial charge in [0, 0.05) is 20.0 Å². The molecule has 1 rings (SSSR count). The molecule has 0 bridgehead atoms. The highest BCUT2D eigenvalue weighted by atomic mass is 15.1. The Bertz CT molecular complexity index is 171. The van der Waals surface area contributed by atoms with Gasteiger partial charge in [0.15, 0.2) is 0 Å². The van der Waals surface area contributed by atoms with Crippen LogP contribution in [0.25, 0.3) is 0 Å². The summed E-state index contributed by atoms with van der Waals surface area (Å²) in [4.78, 5) is 2.15. The van der Waals surface area contributed by atoms with Gasteiger partial charge in [-0.3, -0.25) is 5.41 Å². The highest BCUT2D eigenvalue weighted by Gasteiger charge is 2.16. The molecular weight excluding hydrogens is 172 g/mol. The average Bonchev–Trinajstić information content (AvgIpc) is 2.19. The maximum Gasteiger partial charge on any atom is 0.0955 e. The van der Waals surface area contributed by atoms with E-state index in [4.69, 9.17) is 5.41 Å². The van der Waals surface area contributed by atoms with Crippen molar-refractivity contribution < 1.29 is 0 Å². The Hall–Kier alpha value is -0.530. The molecule has 0 spiro atoms. The summed E-state index contributed by atoms with van der Waals surface area (Å²) in [5, 5.41) is 7.84. The summed E-state index contributed by atoms with van der Waals surface area (Å²) in [7, 11) is 2.08. The van der Waals surface area contributed by atoms with Gasteiger partial charge in [-0.05, 0) is 25.2 Å². The summed E-state index contributed by atoms with van der Waals surface area (Å²) in [6, 6.07) is 0. The van der Waals surface area contributed by atoms with E-state index in [0.717, 1.165) is 31.1 Å². The van der Waals surface area contributed by atoms with E-state index in [0.29, 0.717) is 0 Å². The summed E-state index contributed by atoms with van der Waals surface area (Å²) >= 11 is 0. The number of hydrogen-bond donors (Lipinski definition) is 1. The van der Waals surface area contributed by atoms with E-state index in [1.165, 1.54) is 32.1 Å². The van der Waals surface area contributed by atoms with Gasteiger partial charge in [0.1, 0.15) is 0 Å². The first-order valence-corrected chi connectivity index (χ1v) is 6.02. The average molecular weight is 196 g/mol. The van der Waals surface area contributed by atoms with E-state index in [9.17, 15) is 0 Å². The van der Waals surface area contributed by atoms with Crippen LogP contribution >= 0.6 is 0 Å². The smallest absolute Gasteiger partial charge is 0.0955 e. The third-order valence-corrected chi connectivity index (χ3v) is 3.20. The van der Waals surface area contributed by atoms with Crippen LogP contribution in [-0.2, 0) is 0 Å². The Labute approximate surface area is 88.2 Å². The molecule has 0 unspecified atom stereocenters. The lowest BCUT2D eigenvalue weighted by Crippen LogP contribution is -2.31. The molecule has 1 fully saturated rings. The van der Waals surface area contributed by atoms with Crippen molar-refractivity contribution in [2.75, 3.05) is 13.6 Å². The van der Waals surface area contributed by atoms with Crippen LogP contribution < -0.4 is 0 Å². The molecule has 1 aliphatic carbocycles. The Morgan fingerprint density at radius 3 is 2.50 bits per heavy atom. The Morgan fingerprint density at radius 1 is 1.29 bits per heavy atom. The highest BCUT2D eigenvalue weighted by molar-refractivity contribution is 5.78. The summed E-state index contributed by atoms with van der Waals surface area (Å²) in [6.45, 7) is 3.25. The van der Waals surface area contributed by atoms with Crippen molar-refractivity contribution >= 4 is 5.84 Å². The SMILES string of the molecule is CCCC(=N)N(C)CC1CCCCC1. The van der Waals surface area contributed by atoms with Crippen LogP contribution in [0, 0.1) is 11.3 Å². The van der Waals surface area contributed by atoms with Gasteiger partial charge in [-0.1, -0.05) is 26.2 Å². The molecule has 0 aromatic heterocycles. The molecule has 0 saturated heterocycles. The minimum Gasteiger partial charge on any atom is -0.363 e. The van der Waals surface area contributed by atoms with Gasteiger partial charge in [-0.25, -0.2) is 0 Å². The normalized spacial score (nSPS) is 18.1. The Morgan fingerprint density at radius 2 is 1.93 bits per heavy atom. The second kappa shape index (κ2) is 6.05. The Balaban J connectivity index is 2.24. The monoisotopic (exact) mass is 196 g/mol. The van der Waals surface area contributed by atoms with E-state index in [1.54, 1.807) is 0 Å². The molecule has 1 N–H and O–H groups in total. The van der Waals surface area contributed by atoms with E-state index < -0.39 is 0 Å². The Kier molecular flexibility index (Phi) is 4.99. The lowest BCUT2D eigenvalue weighted by molar-refractivity contribution is 0.293. The number of hydrogen-bond acceptors (Lipinski definition) is 1.